The van der Waals surface area contributed by atoms with Gasteiger partial charge in [-0.05, 0) is 49.2 Å². The first kappa shape index (κ1) is 42.5. The second-order valence-corrected chi connectivity index (χ2v) is 12.1. The van der Waals surface area contributed by atoms with Gasteiger partial charge in [-0.25, -0.2) is 37.9 Å². The van der Waals surface area contributed by atoms with E-state index in [0.717, 1.165) is 17.1 Å². The predicted octanol–water partition coefficient (Wildman–Crippen LogP) is -0.0576. The Kier molecular flexibility index (Phi) is 14.0. The second-order valence-electron chi connectivity index (χ2n) is 12.1. The van der Waals surface area contributed by atoms with Gasteiger partial charge in [0.25, 0.3) is 16.7 Å². The molecule has 7 heterocycles. The summed E-state index contributed by atoms with van der Waals surface area (Å²) in [7, 11) is 1.40. The molecule has 23 heteroatoms. The summed E-state index contributed by atoms with van der Waals surface area (Å²) >= 11 is 0. The van der Waals surface area contributed by atoms with Crippen LogP contribution in [0.5, 0.6) is 12.0 Å². The van der Waals surface area contributed by atoms with Crippen molar-refractivity contribution in [3.05, 3.63) is 155 Å². The molecule has 0 fully saturated rings. The number of aryl methyl sites for hydroxylation is 2. The van der Waals surface area contributed by atoms with Gasteiger partial charge >= 0.3 is 24.8 Å². The number of halogens is 2. The molecule has 7 aromatic heterocycles. The number of rotatable bonds is 9. The average Bonchev–Trinajstić information content (AvgIpc) is 3.20. The van der Waals surface area contributed by atoms with Crippen LogP contribution < -0.4 is 37.3 Å². The molecule has 0 aliphatic heterocycles. The molecule has 302 valence electrons. The van der Waals surface area contributed by atoms with Gasteiger partial charge in [-0.3, -0.25) is 29.3 Å². The molecule has 0 aliphatic rings. The molecule has 20 nitrogen and oxygen atoms in total. The number of pyridine rings is 2. The average molecular weight is 811 g/mol. The Morgan fingerprint density at radius 3 is 1.66 bits per heavy atom. The molecule has 4 N–H and O–H groups in total. The van der Waals surface area contributed by atoms with E-state index >= 15 is 0 Å². The molecule has 0 atom stereocenters. The van der Waals surface area contributed by atoms with E-state index in [4.69, 9.17) is 19.5 Å². The maximum atomic E-state index is 13.2. The minimum absolute atomic E-state index is 0.00130. The predicted molar refractivity (Wildman–Crippen MR) is 206 cm³/mol. The highest BCUT2D eigenvalue weighted by Gasteiger charge is 2.16. The summed E-state index contributed by atoms with van der Waals surface area (Å²) in [6.07, 6.45) is 9.18. The first-order valence-electron chi connectivity index (χ1n) is 17.0. The van der Waals surface area contributed by atoms with E-state index in [1.165, 1.54) is 74.0 Å². The Morgan fingerprint density at radius 1 is 0.695 bits per heavy atom. The molecule has 0 radical (unpaired) electrons. The van der Waals surface area contributed by atoms with Crippen molar-refractivity contribution < 1.29 is 28.3 Å². The quantitative estimate of drug-likeness (QED) is 0.139. The van der Waals surface area contributed by atoms with Crippen molar-refractivity contribution in [2.75, 3.05) is 14.2 Å². The fraction of sp³-hybridized carbons (Fsp3) is 0.167. The summed E-state index contributed by atoms with van der Waals surface area (Å²) in [6.45, 7) is 3.57. The van der Waals surface area contributed by atoms with Crippen molar-refractivity contribution in [2.45, 2.75) is 26.9 Å². The minimum Gasteiger partial charge on any atom is -0.467 e. The number of nitrogens with one attached hydrogen (secondary N) is 2. The Morgan fingerprint density at radius 2 is 1.20 bits per heavy atom. The number of aromatic nitrogens is 12. The number of aromatic amines is 2. The summed E-state index contributed by atoms with van der Waals surface area (Å²) in [6, 6.07) is 8.63. The van der Waals surface area contributed by atoms with Crippen LogP contribution in [0.4, 0.5) is 8.78 Å². The molecular weight excluding hydrogens is 777 g/mol. The Labute approximate surface area is 331 Å². The number of methoxy groups -OCH3 is 2. The van der Waals surface area contributed by atoms with Crippen LogP contribution >= 0.6 is 0 Å². The maximum Gasteiger partial charge on any atom is 0.491 e. The third-order valence-electron chi connectivity index (χ3n) is 7.89. The molecule has 0 bridgehead atoms. The molecule has 0 amide bonds. The van der Waals surface area contributed by atoms with E-state index in [-0.39, 0.29) is 47.4 Å². The number of H-pyrrole nitrogens is 2. The SMILES string of the molecule is COc1ncc(-c2ccc(=O)n(Cc3cncc(F)c3)n2)c(C)n1.COc1ncc(B(O)O)c(C)n1.O=c1[nH]cc(-c2ccc(=O)n(Cc3cncc(F)c3)n2)c(=O)[nH]1. The molecule has 0 saturated carbocycles. The summed E-state index contributed by atoms with van der Waals surface area (Å²) < 4.78 is 38.4. The number of hydrogen-bond acceptors (Lipinski definition) is 16. The monoisotopic (exact) mass is 810 g/mol. The third kappa shape index (κ3) is 11.5. The van der Waals surface area contributed by atoms with E-state index in [1.807, 2.05) is 0 Å². The number of nitrogens with zero attached hydrogens (tertiary/aromatic N) is 10. The maximum absolute atomic E-state index is 13.2. The highest BCUT2D eigenvalue weighted by molar-refractivity contribution is 6.58. The lowest BCUT2D eigenvalue weighted by Crippen LogP contribution is -2.33. The van der Waals surface area contributed by atoms with E-state index in [0.29, 0.717) is 33.8 Å². The Hall–Kier alpha value is -7.66. The van der Waals surface area contributed by atoms with Crippen LogP contribution in [0.25, 0.3) is 22.5 Å². The lowest BCUT2D eigenvalue weighted by Gasteiger charge is -2.09. The van der Waals surface area contributed by atoms with Gasteiger partial charge in [-0.1, -0.05) is 0 Å². The fourth-order valence-corrected chi connectivity index (χ4v) is 5.04. The molecule has 0 unspecified atom stereocenters. The van der Waals surface area contributed by atoms with Crippen molar-refractivity contribution >= 4 is 12.6 Å². The molecule has 0 aliphatic carbocycles. The third-order valence-corrected chi connectivity index (χ3v) is 7.89. The summed E-state index contributed by atoms with van der Waals surface area (Å²) in [5, 5.41) is 26.0. The lowest BCUT2D eigenvalue weighted by molar-refractivity contribution is 0.378. The normalized spacial score (nSPS) is 10.4. The van der Waals surface area contributed by atoms with Crippen LogP contribution in [0.2, 0.25) is 0 Å². The molecular formula is C36H33BF2N12O8. The van der Waals surface area contributed by atoms with Gasteiger partial charge in [0.1, 0.15) is 11.6 Å². The number of ether oxygens (including phenoxy) is 2. The summed E-state index contributed by atoms with van der Waals surface area (Å²) in [5.74, 6) is -0.986. The van der Waals surface area contributed by atoms with Crippen molar-refractivity contribution in [1.29, 1.82) is 0 Å². The van der Waals surface area contributed by atoms with Gasteiger partial charge in [0.05, 0.1) is 62.3 Å². The molecule has 7 aromatic rings. The fourth-order valence-electron chi connectivity index (χ4n) is 5.04. The Balaban J connectivity index is 0.000000178. The van der Waals surface area contributed by atoms with Crippen LogP contribution in [-0.4, -0.2) is 90.8 Å². The summed E-state index contributed by atoms with van der Waals surface area (Å²) in [4.78, 5) is 74.4. The lowest BCUT2D eigenvalue weighted by atomic mass is 9.80. The van der Waals surface area contributed by atoms with Crippen LogP contribution in [-0.2, 0) is 13.1 Å². The molecule has 59 heavy (non-hydrogen) atoms. The van der Waals surface area contributed by atoms with Gasteiger partial charge in [0.2, 0.25) is 0 Å². The molecule has 7 rings (SSSR count). The first-order valence-corrected chi connectivity index (χ1v) is 17.0. The van der Waals surface area contributed by atoms with Crippen molar-refractivity contribution in [2.24, 2.45) is 0 Å². The van der Waals surface area contributed by atoms with E-state index in [2.05, 4.69) is 50.1 Å². The van der Waals surface area contributed by atoms with E-state index < -0.39 is 35.6 Å². The highest BCUT2D eigenvalue weighted by atomic mass is 19.1. The van der Waals surface area contributed by atoms with Gasteiger partial charge in [-0.2, -0.15) is 15.2 Å². The van der Waals surface area contributed by atoms with Gasteiger partial charge < -0.3 is 24.5 Å². The minimum atomic E-state index is -1.53. The topological polar surface area (TPSA) is 272 Å². The zero-order chi connectivity index (χ0) is 42.6. The van der Waals surface area contributed by atoms with Crippen molar-refractivity contribution in [3.8, 4) is 34.5 Å². The summed E-state index contributed by atoms with van der Waals surface area (Å²) in [5.41, 5.74) is 2.00. The molecule has 0 spiro atoms. The number of hydrogen-bond donors (Lipinski definition) is 4. The van der Waals surface area contributed by atoms with Gasteiger partial charge in [0.15, 0.2) is 0 Å². The van der Waals surface area contributed by atoms with Crippen LogP contribution in [0.15, 0.2) is 99.0 Å². The van der Waals surface area contributed by atoms with Gasteiger partial charge in [-0.15, -0.1) is 0 Å². The molecule has 0 saturated heterocycles. The zero-order valence-electron chi connectivity index (χ0n) is 31.6. The Bertz CT molecular complexity index is 2820. The van der Waals surface area contributed by atoms with Crippen LogP contribution in [0.3, 0.4) is 0 Å². The second kappa shape index (κ2) is 19.5. The van der Waals surface area contributed by atoms with Crippen LogP contribution in [0.1, 0.15) is 22.5 Å². The van der Waals surface area contributed by atoms with E-state index in [9.17, 15) is 28.0 Å². The van der Waals surface area contributed by atoms with Crippen LogP contribution in [0, 0.1) is 25.5 Å². The van der Waals surface area contributed by atoms with Crippen molar-refractivity contribution in [3.63, 3.8) is 0 Å². The largest absolute Gasteiger partial charge is 0.491 e. The molecule has 0 aromatic carbocycles. The zero-order valence-corrected chi connectivity index (χ0v) is 31.6. The standard InChI is InChI=1S/C16H14FN5O2.C14H10FN5O3.C6H9BN2O3/c1-10-13(8-19-16(20-10)24-2)14-3-4-15(23)22(21-14)9-11-5-12(17)7-18-6-11;15-9-3-8(4-16-5-9)7-20-12(21)2-1-11(19-20)10-6-17-14(23)18-13(10)22;1-4-5(7(10)11)3-8-6(9-4)12-2/h3-8H,9H2,1-2H3;1-6H,7H2,(H2,17,18,22,23);3,10-11H,1-2H3. The highest BCUT2D eigenvalue weighted by Crippen LogP contribution is 2.19. The first-order chi connectivity index (χ1) is 28.2. The van der Waals surface area contributed by atoms with Gasteiger partial charge in [0, 0.05) is 59.8 Å². The van der Waals surface area contributed by atoms with E-state index in [1.54, 1.807) is 26.1 Å². The van der Waals surface area contributed by atoms with Crippen molar-refractivity contribution in [1.82, 2.24) is 59.4 Å². The smallest absolute Gasteiger partial charge is 0.467 e.